The van der Waals surface area contributed by atoms with E-state index >= 15 is 0 Å². The maximum absolute atomic E-state index is 11.7. The molecule has 0 unspecified atom stereocenters. The molecule has 0 N–H and O–H groups in total. The van der Waals surface area contributed by atoms with Crippen molar-refractivity contribution in [1.82, 2.24) is 0 Å². The van der Waals surface area contributed by atoms with E-state index in [1.165, 1.54) is 0 Å². The van der Waals surface area contributed by atoms with Crippen LogP contribution >= 0.6 is 0 Å². The quantitative estimate of drug-likeness (QED) is 0.581. The van der Waals surface area contributed by atoms with Gasteiger partial charge in [-0.15, -0.1) is 0 Å². The Balaban J connectivity index is 1.96. The van der Waals surface area contributed by atoms with Crippen molar-refractivity contribution in [3.05, 3.63) is 35.4 Å². The molecule has 1 aromatic rings. The normalized spacial score (nSPS) is 15.8. The van der Waals surface area contributed by atoms with Crippen molar-refractivity contribution in [2.45, 2.75) is 32.6 Å². The van der Waals surface area contributed by atoms with Crippen LogP contribution in [-0.2, 0) is 9.53 Å². The topological polar surface area (TPSA) is 43.4 Å². The third-order valence-corrected chi connectivity index (χ3v) is 3.17. The maximum atomic E-state index is 11.7. The standard InChI is InChI=1S/C14H16O3/c1-10-6-8-12(9-7-10)14(16)17-13(15)11-4-2-3-5-11/h6-9,11H,2-5H2,1H3. The van der Waals surface area contributed by atoms with Gasteiger partial charge < -0.3 is 4.74 Å². The van der Waals surface area contributed by atoms with Crippen LogP contribution in [0.2, 0.25) is 0 Å². The summed E-state index contributed by atoms with van der Waals surface area (Å²) < 4.78 is 4.88. The highest BCUT2D eigenvalue weighted by atomic mass is 16.6. The van der Waals surface area contributed by atoms with Crippen LogP contribution in [0.3, 0.4) is 0 Å². The third-order valence-electron chi connectivity index (χ3n) is 3.17. The molecule has 0 bridgehead atoms. The molecule has 3 heteroatoms. The molecule has 17 heavy (non-hydrogen) atoms. The molecule has 1 aliphatic rings. The van der Waals surface area contributed by atoms with E-state index in [1.807, 2.05) is 19.1 Å². The lowest BCUT2D eigenvalue weighted by molar-refractivity contribution is -0.142. The van der Waals surface area contributed by atoms with Crippen molar-refractivity contribution in [1.29, 1.82) is 0 Å². The molecule has 0 atom stereocenters. The zero-order valence-corrected chi connectivity index (χ0v) is 9.94. The minimum Gasteiger partial charge on any atom is -0.389 e. The molecule has 0 aromatic heterocycles. The summed E-state index contributed by atoms with van der Waals surface area (Å²) in [5.74, 6) is -0.987. The van der Waals surface area contributed by atoms with Gasteiger partial charge in [-0.2, -0.15) is 0 Å². The first-order valence-electron chi connectivity index (χ1n) is 5.99. The Morgan fingerprint density at radius 2 is 1.71 bits per heavy atom. The molecular formula is C14H16O3. The maximum Gasteiger partial charge on any atom is 0.345 e. The fraction of sp³-hybridized carbons (Fsp3) is 0.429. The minimum absolute atomic E-state index is 0.0793. The van der Waals surface area contributed by atoms with Gasteiger partial charge in [-0.3, -0.25) is 4.79 Å². The fourth-order valence-corrected chi connectivity index (χ4v) is 2.08. The van der Waals surface area contributed by atoms with Crippen molar-refractivity contribution in [3.8, 4) is 0 Å². The Hall–Kier alpha value is -1.64. The molecule has 3 nitrogen and oxygen atoms in total. The van der Waals surface area contributed by atoms with E-state index in [4.69, 9.17) is 4.74 Å². The average molecular weight is 232 g/mol. The zero-order valence-electron chi connectivity index (χ0n) is 9.94. The second-order valence-corrected chi connectivity index (χ2v) is 4.56. The van der Waals surface area contributed by atoms with Crippen molar-refractivity contribution < 1.29 is 14.3 Å². The molecule has 0 radical (unpaired) electrons. The van der Waals surface area contributed by atoms with E-state index in [0.717, 1.165) is 31.2 Å². The second-order valence-electron chi connectivity index (χ2n) is 4.56. The summed E-state index contributed by atoms with van der Waals surface area (Å²) in [6.07, 6.45) is 3.80. The highest BCUT2D eigenvalue weighted by molar-refractivity contribution is 5.97. The summed E-state index contributed by atoms with van der Waals surface area (Å²) in [5.41, 5.74) is 1.51. The Morgan fingerprint density at radius 3 is 2.29 bits per heavy atom. The molecule has 0 spiro atoms. The van der Waals surface area contributed by atoms with Gasteiger partial charge in [-0.25, -0.2) is 4.79 Å². The van der Waals surface area contributed by atoms with Crippen LogP contribution < -0.4 is 0 Å². The van der Waals surface area contributed by atoms with Gasteiger partial charge in [0.2, 0.25) is 0 Å². The summed E-state index contributed by atoms with van der Waals surface area (Å²) >= 11 is 0. The summed E-state index contributed by atoms with van der Waals surface area (Å²) in [6.45, 7) is 1.94. The zero-order chi connectivity index (χ0) is 12.3. The number of carbonyl (C=O) groups excluding carboxylic acids is 2. The van der Waals surface area contributed by atoms with Crippen LogP contribution in [0.5, 0.6) is 0 Å². The molecule has 1 saturated carbocycles. The van der Waals surface area contributed by atoms with Gasteiger partial charge in [-0.1, -0.05) is 30.5 Å². The number of hydrogen-bond acceptors (Lipinski definition) is 3. The number of ether oxygens (including phenoxy) is 1. The molecule has 0 aliphatic heterocycles. The van der Waals surface area contributed by atoms with Crippen molar-refractivity contribution >= 4 is 11.9 Å². The second kappa shape index (κ2) is 5.13. The van der Waals surface area contributed by atoms with Gasteiger partial charge in [0.05, 0.1) is 11.5 Å². The van der Waals surface area contributed by atoms with Gasteiger partial charge in [0.25, 0.3) is 0 Å². The molecule has 90 valence electrons. The molecule has 0 amide bonds. The van der Waals surface area contributed by atoms with E-state index in [1.54, 1.807) is 12.1 Å². The van der Waals surface area contributed by atoms with E-state index in [0.29, 0.717) is 5.56 Å². The Kier molecular flexibility index (Phi) is 3.57. The highest BCUT2D eigenvalue weighted by Gasteiger charge is 2.26. The molecule has 0 saturated heterocycles. The molecule has 1 fully saturated rings. The minimum atomic E-state index is -0.540. The first-order valence-corrected chi connectivity index (χ1v) is 5.99. The Morgan fingerprint density at radius 1 is 1.12 bits per heavy atom. The van der Waals surface area contributed by atoms with Crippen molar-refractivity contribution in [3.63, 3.8) is 0 Å². The monoisotopic (exact) mass is 232 g/mol. The molecular weight excluding hydrogens is 216 g/mol. The van der Waals surface area contributed by atoms with Gasteiger partial charge in [0.1, 0.15) is 0 Å². The Bertz CT molecular complexity index is 414. The first-order chi connectivity index (χ1) is 8.16. The number of hydrogen-bond donors (Lipinski definition) is 0. The SMILES string of the molecule is Cc1ccc(C(=O)OC(=O)C2CCCC2)cc1. The lowest BCUT2D eigenvalue weighted by Gasteiger charge is -2.07. The van der Waals surface area contributed by atoms with Gasteiger partial charge in [0, 0.05) is 0 Å². The molecule has 0 heterocycles. The van der Waals surface area contributed by atoms with Crippen LogP contribution in [0.15, 0.2) is 24.3 Å². The van der Waals surface area contributed by atoms with Crippen LogP contribution in [-0.4, -0.2) is 11.9 Å². The van der Waals surface area contributed by atoms with E-state index < -0.39 is 5.97 Å². The van der Waals surface area contributed by atoms with E-state index in [9.17, 15) is 9.59 Å². The highest BCUT2D eigenvalue weighted by Crippen LogP contribution is 2.26. The van der Waals surface area contributed by atoms with Gasteiger partial charge in [-0.05, 0) is 31.9 Å². The summed E-state index contributed by atoms with van der Waals surface area (Å²) in [6, 6.07) is 7.02. The number of carbonyl (C=O) groups is 2. The molecule has 2 rings (SSSR count). The number of benzene rings is 1. The summed E-state index contributed by atoms with van der Waals surface area (Å²) in [4.78, 5) is 23.3. The van der Waals surface area contributed by atoms with Crippen LogP contribution in [0.25, 0.3) is 0 Å². The van der Waals surface area contributed by atoms with Crippen LogP contribution in [0.1, 0.15) is 41.6 Å². The van der Waals surface area contributed by atoms with Gasteiger partial charge in [0.15, 0.2) is 0 Å². The molecule has 1 aliphatic carbocycles. The predicted molar refractivity (Wildman–Crippen MR) is 63.6 cm³/mol. The largest absolute Gasteiger partial charge is 0.389 e. The van der Waals surface area contributed by atoms with E-state index in [2.05, 4.69) is 0 Å². The number of esters is 2. The van der Waals surface area contributed by atoms with Crippen molar-refractivity contribution in [2.24, 2.45) is 5.92 Å². The molecule has 1 aromatic carbocycles. The summed E-state index contributed by atoms with van der Waals surface area (Å²) in [7, 11) is 0. The van der Waals surface area contributed by atoms with Crippen LogP contribution in [0, 0.1) is 12.8 Å². The number of aryl methyl sites for hydroxylation is 1. The first kappa shape index (κ1) is 11.8. The predicted octanol–water partition coefficient (Wildman–Crippen LogP) is 2.87. The Labute approximate surface area is 101 Å². The van der Waals surface area contributed by atoms with Crippen LogP contribution in [0.4, 0.5) is 0 Å². The third kappa shape index (κ3) is 2.93. The average Bonchev–Trinajstić information content (AvgIpc) is 2.83. The summed E-state index contributed by atoms with van der Waals surface area (Å²) in [5, 5.41) is 0. The lowest BCUT2D eigenvalue weighted by atomic mass is 10.1. The lowest BCUT2D eigenvalue weighted by Crippen LogP contribution is -2.19. The van der Waals surface area contributed by atoms with E-state index in [-0.39, 0.29) is 11.9 Å². The number of rotatable bonds is 2. The van der Waals surface area contributed by atoms with Crippen molar-refractivity contribution in [2.75, 3.05) is 0 Å². The van der Waals surface area contributed by atoms with Gasteiger partial charge >= 0.3 is 11.9 Å². The fourth-order valence-electron chi connectivity index (χ4n) is 2.08. The smallest absolute Gasteiger partial charge is 0.345 e.